The maximum atomic E-state index is 7.56. The molecule has 0 amide bonds. The third-order valence-corrected chi connectivity index (χ3v) is 3.64. The van der Waals surface area contributed by atoms with Gasteiger partial charge in [0, 0.05) is 18.0 Å². The third-order valence-electron chi connectivity index (χ3n) is 3.64. The van der Waals surface area contributed by atoms with Gasteiger partial charge in [-0.2, -0.15) is 0 Å². The van der Waals surface area contributed by atoms with Crippen molar-refractivity contribution in [2.24, 2.45) is 17.1 Å². The summed E-state index contributed by atoms with van der Waals surface area (Å²) < 4.78 is 0. The topological polar surface area (TPSA) is 53.1 Å². The van der Waals surface area contributed by atoms with Crippen LogP contribution in [0.2, 0.25) is 0 Å². The fraction of sp³-hybridized carbons (Fsp3) is 0.929. The van der Waals surface area contributed by atoms with Crippen LogP contribution in [0.25, 0.3) is 0 Å². The molecule has 0 aliphatic heterocycles. The molecule has 1 saturated carbocycles. The van der Waals surface area contributed by atoms with Crippen molar-refractivity contribution < 1.29 is 0 Å². The largest absolute Gasteiger partial charge is 0.387 e. The molecule has 3 nitrogen and oxygen atoms in total. The van der Waals surface area contributed by atoms with Gasteiger partial charge in [0.1, 0.15) is 0 Å². The van der Waals surface area contributed by atoms with Gasteiger partial charge in [-0.3, -0.25) is 5.41 Å². The summed E-state index contributed by atoms with van der Waals surface area (Å²) in [5.41, 5.74) is 5.48. The monoisotopic (exact) mass is 239 g/mol. The Kier molecular flexibility index (Phi) is 4.99. The molecule has 0 atom stereocenters. The number of nitrogens with zero attached hydrogens (tertiary/aromatic N) is 1. The molecule has 1 aliphatic rings. The molecule has 0 unspecified atom stereocenters. The summed E-state index contributed by atoms with van der Waals surface area (Å²) in [6, 6.07) is 0.845. The van der Waals surface area contributed by atoms with E-state index in [1.807, 2.05) is 0 Å². The zero-order chi connectivity index (χ0) is 13.1. The maximum Gasteiger partial charge on any atom is 0.0963 e. The van der Waals surface area contributed by atoms with E-state index in [1.165, 1.54) is 25.9 Å². The first-order valence-corrected chi connectivity index (χ1v) is 6.91. The molecule has 0 heterocycles. The maximum absolute atomic E-state index is 7.56. The molecular formula is C14H29N3. The lowest BCUT2D eigenvalue weighted by molar-refractivity contribution is 0.222. The quantitative estimate of drug-likeness (QED) is 0.505. The van der Waals surface area contributed by atoms with E-state index in [4.69, 9.17) is 11.1 Å². The van der Waals surface area contributed by atoms with Crippen LogP contribution in [0.4, 0.5) is 0 Å². The summed E-state index contributed by atoms with van der Waals surface area (Å²) in [6.07, 6.45) is 4.92. The molecule has 3 heteroatoms. The van der Waals surface area contributed by atoms with Crippen LogP contribution < -0.4 is 5.73 Å². The molecule has 0 bridgehead atoms. The zero-order valence-corrected chi connectivity index (χ0v) is 11.9. The SMILES string of the molecule is CC(C)CN(CCCC(C)(C)C(=N)N)C1CC1. The van der Waals surface area contributed by atoms with Gasteiger partial charge in [-0.05, 0) is 38.1 Å². The van der Waals surface area contributed by atoms with Crippen LogP contribution in [0.5, 0.6) is 0 Å². The van der Waals surface area contributed by atoms with Crippen LogP contribution in [0.3, 0.4) is 0 Å². The lowest BCUT2D eigenvalue weighted by Gasteiger charge is -2.27. The Bertz CT molecular complexity index is 254. The Hall–Kier alpha value is -0.570. The van der Waals surface area contributed by atoms with Crippen molar-refractivity contribution in [3.8, 4) is 0 Å². The minimum absolute atomic E-state index is 0.132. The number of rotatable bonds is 8. The van der Waals surface area contributed by atoms with E-state index < -0.39 is 0 Å². The highest BCUT2D eigenvalue weighted by atomic mass is 15.2. The smallest absolute Gasteiger partial charge is 0.0963 e. The predicted molar refractivity (Wildman–Crippen MR) is 74.4 cm³/mol. The van der Waals surface area contributed by atoms with Crippen molar-refractivity contribution in [2.75, 3.05) is 13.1 Å². The van der Waals surface area contributed by atoms with Gasteiger partial charge in [0.15, 0.2) is 0 Å². The Balaban J connectivity index is 2.30. The second-order valence-electron chi connectivity index (χ2n) is 6.52. The van der Waals surface area contributed by atoms with Crippen molar-refractivity contribution in [3.63, 3.8) is 0 Å². The summed E-state index contributed by atoms with van der Waals surface area (Å²) >= 11 is 0. The fourth-order valence-electron chi connectivity index (χ4n) is 2.19. The van der Waals surface area contributed by atoms with Crippen molar-refractivity contribution in [1.29, 1.82) is 5.41 Å². The second-order valence-corrected chi connectivity index (χ2v) is 6.52. The van der Waals surface area contributed by atoms with E-state index in [0.717, 1.165) is 24.8 Å². The van der Waals surface area contributed by atoms with Crippen molar-refractivity contribution in [3.05, 3.63) is 0 Å². The van der Waals surface area contributed by atoms with E-state index in [2.05, 4.69) is 32.6 Å². The minimum Gasteiger partial charge on any atom is -0.387 e. The normalized spacial score (nSPS) is 16.8. The van der Waals surface area contributed by atoms with Gasteiger partial charge >= 0.3 is 0 Å². The first-order chi connectivity index (χ1) is 7.83. The Morgan fingerprint density at radius 3 is 2.41 bits per heavy atom. The van der Waals surface area contributed by atoms with Gasteiger partial charge < -0.3 is 10.6 Å². The summed E-state index contributed by atoms with van der Waals surface area (Å²) in [5.74, 6) is 1.07. The van der Waals surface area contributed by atoms with Gasteiger partial charge in [-0.15, -0.1) is 0 Å². The van der Waals surface area contributed by atoms with E-state index in [1.54, 1.807) is 0 Å². The Morgan fingerprint density at radius 1 is 1.41 bits per heavy atom. The molecule has 1 fully saturated rings. The zero-order valence-electron chi connectivity index (χ0n) is 11.9. The molecule has 100 valence electrons. The number of amidine groups is 1. The van der Waals surface area contributed by atoms with Crippen molar-refractivity contribution in [2.45, 2.75) is 59.4 Å². The van der Waals surface area contributed by atoms with Gasteiger partial charge in [-0.1, -0.05) is 27.7 Å². The van der Waals surface area contributed by atoms with Crippen molar-refractivity contribution >= 4 is 5.84 Å². The number of nitrogens with two attached hydrogens (primary N) is 1. The van der Waals surface area contributed by atoms with E-state index >= 15 is 0 Å². The Morgan fingerprint density at radius 2 is 2.00 bits per heavy atom. The summed E-state index contributed by atoms with van der Waals surface area (Å²) in [7, 11) is 0. The molecule has 3 N–H and O–H groups in total. The lowest BCUT2D eigenvalue weighted by Crippen LogP contribution is -2.34. The molecule has 0 saturated heterocycles. The van der Waals surface area contributed by atoms with Gasteiger partial charge in [0.2, 0.25) is 0 Å². The van der Waals surface area contributed by atoms with Crippen LogP contribution in [0, 0.1) is 16.7 Å². The molecule has 0 aromatic rings. The van der Waals surface area contributed by atoms with E-state index in [0.29, 0.717) is 5.84 Å². The molecule has 0 aromatic heterocycles. The van der Waals surface area contributed by atoms with E-state index in [9.17, 15) is 0 Å². The predicted octanol–water partition coefficient (Wildman–Crippen LogP) is 2.85. The minimum atomic E-state index is -0.132. The Labute approximate surface area is 106 Å². The summed E-state index contributed by atoms with van der Waals surface area (Å²) in [5, 5.41) is 7.56. The highest BCUT2D eigenvalue weighted by Crippen LogP contribution is 2.29. The van der Waals surface area contributed by atoms with Crippen molar-refractivity contribution in [1.82, 2.24) is 4.90 Å². The van der Waals surface area contributed by atoms with E-state index in [-0.39, 0.29) is 5.41 Å². The highest BCUT2D eigenvalue weighted by molar-refractivity contribution is 5.82. The molecule has 1 aliphatic carbocycles. The highest BCUT2D eigenvalue weighted by Gasteiger charge is 2.29. The van der Waals surface area contributed by atoms with Gasteiger partial charge in [0.05, 0.1) is 5.84 Å². The molecule has 0 spiro atoms. The number of hydrogen-bond acceptors (Lipinski definition) is 2. The van der Waals surface area contributed by atoms with Gasteiger partial charge in [0.25, 0.3) is 0 Å². The number of hydrogen-bond donors (Lipinski definition) is 2. The molecule has 17 heavy (non-hydrogen) atoms. The molecular weight excluding hydrogens is 210 g/mol. The number of nitrogens with one attached hydrogen (secondary N) is 1. The first-order valence-electron chi connectivity index (χ1n) is 6.91. The first kappa shape index (κ1) is 14.5. The summed E-state index contributed by atoms with van der Waals surface area (Å²) in [4.78, 5) is 2.63. The van der Waals surface area contributed by atoms with Crippen LogP contribution in [-0.4, -0.2) is 29.9 Å². The van der Waals surface area contributed by atoms with Crippen LogP contribution in [0.1, 0.15) is 53.4 Å². The molecule has 0 radical (unpaired) electrons. The standard InChI is InChI=1S/C14H29N3/c1-11(2)10-17(12-6-7-12)9-5-8-14(3,4)13(15)16/h11-12H,5-10H2,1-4H3,(H3,15,16). The lowest BCUT2D eigenvalue weighted by atomic mass is 9.86. The average Bonchev–Trinajstić information content (AvgIpc) is 2.98. The van der Waals surface area contributed by atoms with Crippen LogP contribution >= 0.6 is 0 Å². The van der Waals surface area contributed by atoms with Crippen LogP contribution in [-0.2, 0) is 0 Å². The molecule has 0 aromatic carbocycles. The molecule has 1 rings (SSSR count). The average molecular weight is 239 g/mol. The van der Waals surface area contributed by atoms with Crippen LogP contribution in [0.15, 0.2) is 0 Å². The van der Waals surface area contributed by atoms with Gasteiger partial charge in [-0.25, -0.2) is 0 Å². The fourth-order valence-corrected chi connectivity index (χ4v) is 2.19. The third kappa shape index (κ3) is 5.07. The second kappa shape index (κ2) is 5.85. The summed E-state index contributed by atoms with van der Waals surface area (Å²) in [6.45, 7) is 11.1.